The van der Waals surface area contributed by atoms with Gasteiger partial charge < -0.3 is 5.32 Å². The van der Waals surface area contributed by atoms with Gasteiger partial charge in [-0.3, -0.25) is 0 Å². The summed E-state index contributed by atoms with van der Waals surface area (Å²) in [6.45, 7) is 0. The summed E-state index contributed by atoms with van der Waals surface area (Å²) in [5.41, 5.74) is 13.9. The first kappa shape index (κ1) is 27.6. The Labute approximate surface area is 270 Å². The van der Waals surface area contributed by atoms with Crippen molar-refractivity contribution in [3.8, 4) is 44.5 Å². The molecular weight excluding hydrogens is 556 g/mol. The SMILES string of the molecule is c1ccc(-c2ccc(-c3cc(C4=Nc5ccc(-c6ccccc6)cc5C(c5ccccc5)N4)cc(-c4ccccc4)c3)cc2)cc1. The molecule has 0 fully saturated rings. The van der Waals surface area contributed by atoms with Crippen molar-refractivity contribution in [3.63, 3.8) is 0 Å². The van der Waals surface area contributed by atoms with Crippen molar-refractivity contribution >= 4 is 11.5 Å². The van der Waals surface area contributed by atoms with Gasteiger partial charge in [-0.15, -0.1) is 0 Å². The molecule has 0 saturated carbocycles. The Bertz CT molecular complexity index is 2130. The van der Waals surface area contributed by atoms with Crippen LogP contribution in [0.15, 0.2) is 187 Å². The van der Waals surface area contributed by atoms with Gasteiger partial charge >= 0.3 is 0 Å². The van der Waals surface area contributed by atoms with Gasteiger partial charge in [-0.2, -0.15) is 0 Å². The van der Waals surface area contributed by atoms with Crippen LogP contribution in [0.2, 0.25) is 0 Å². The molecule has 7 aromatic carbocycles. The van der Waals surface area contributed by atoms with Crippen LogP contribution in [-0.4, -0.2) is 5.84 Å². The number of hydrogen-bond donors (Lipinski definition) is 1. The minimum absolute atomic E-state index is 0.0404. The van der Waals surface area contributed by atoms with E-state index in [1.807, 2.05) is 0 Å². The molecule has 46 heavy (non-hydrogen) atoms. The third kappa shape index (κ3) is 5.53. The van der Waals surface area contributed by atoms with Gasteiger partial charge in [0.1, 0.15) is 5.84 Å². The van der Waals surface area contributed by atoms with Crippen LogP contribution in [0.4, 0.5) is 5.69 Å². The first-order valence-corrected chi connectivity index (χ1v) is 15.7. The Kier molecular flexibility index (Phi) is 7.30. The molecule has 1 atom stereocenters. The average Bonchev–Trinajstić information content (AvgIpc) is 3.15. The lowest BCUT2D eigenvalue weighted by Crippen LogP contribution is -2.32. The van der Waals surface area contributed by atoms with Crippen LogP contribution in [-0.2, 0) is 0 Å². The zero-order valence-electron chi connectivity index (χ0n) is 25.3. The highest BCUT2D eigenvalue weighted by molar-refractivity contribution is 6.04. The first-order chi connectivity index (χ1) is 22.8. The quantitative estimate of drug-likeness (QED) is 0.205. The Morgan fingerprint density at radius 2 is 0.761 bits per heavy atom. The van der Waals surface area contributed by atoms with Crippen molar-refractivity contribution in [3.05, 3.63) is 199 Å². The van der Waals surface area contributed by atoms with E-state index in [-0.39, 0.29) is 6.04 Å². The molecule has 1 aliphatic heterocycles. The lowest BCUT2D eigenvalue weighted by molar-refractivity contribution is 0.750. The molecular formula is C44H32N2. The highest BCUT2D eigenvalue weighted by Gasteiger charge is 2.25. The molecule has 0 bridgehead atoms. The Morgan fingerprint density at radius 1 is 0.348 bits per heavy atom. The van der Waals surface area contributed by atoms with Crippen molar-refractivity contribution in [2.75, 3.05) is 0 Å². The van der Waals surface area contributed by atoms with E-state index in [4.69, 9.17) is 4.99 Å². The zero-order chi connectivity index (χ0) is 30.7. The van der Waals surface area contributed by atoms with E-state index in [1.54, 1.807) is 0 Å². The van der Waals surface area contributed by atoms with Crippen LogP contribution in [0, 0.1) is 0 Å². The second-order valence-electron chi connectivity index (χ2n) is 11.7. The highest BCUT2D eigenvalue weighted by atomic mass is 15.1. The van der Waals surface area contributed by atoms with E-state index in [9.17, 15) is 0 Å². The maximum atomic E-state index is 5.26. The number of aliphatic imine (C=N–C) groups is 1. The Morgan fingerprint density at radius 3 is 1.33 bits per heavy atom. The van der Waals surface area contributed by atoms with E-state index in [1.165, 1.54) is 44.5 Å². The molecule has 8 rings (SSSR count). The number of hydrogen-bond acceptors (Lipinski definition) is 2. The summed E-state index contributed by atoms with van der Waals surface area (Å²) in [6, 6.07) is 64.6. The number of amidine groups is 1. The standard InChI is InChI=1S/C44H32N2/c1-5-13-31(14-6-1)34-21-23-35(24-22-34)39-27-38(33-17-9-3-10-18-33)28-40(29-39)44-45-42-26-25-37(32-15-7-2-8-16-32)30-41(42)43(46-44)36-19-11-4-12-20-36/h1-30,43H,(H,45,46). The molecule has 0 amide bonds. The van der Waals surface area contributed by atoms with Gasteiger partial charge in [0, 0.05) is 11.1 Å². The molecule has 0 spiro atoms. The van der Waals surface area contributed by atoms with Crippen LogP contribution < -0.4 is 5.32 Å². The third-order valence-electron chi connectivity index (χ3n) is 8.73. The molecule has 0 radical (unpaired) electrons. The number of rotatable bonds is 6. The first-order valence-electron chi connectivity index (χ1n) is 15.7. The third-order valence-corrected chi connectivity index (χ3v) is 8.73. The van der Waals surface area contributed by atoms with Gasteiger partial charge in [-0.25, -0.2) is 4.99 Å². The van der Waals surface area contributed by atoms with Crippen molar-refractivity contribution in [1.29, 1.82) is 0 Å². The van der Waals surface area contributed by atoms with Gasteiger partial charge in [0.15, 0.2) is 0 Å². The highest BCUT2D eigenvalue weighted by Crippen LogP contribution is 2.38. The summed E-state index contributed by atoms with van der Waals surface area (Å²) in [6.07, 6.45) is 0. The van der Waals surface area contributed by atoms with Crippen molar-refractivity contribution in [1.82, 2.24) is 5.32 Å². The maximum absolute atomic E-state index is 5.26. The fourth-order valence-electron chi connectivity index (χ4n) is 6.34. The maximum Gasteiger partial charge on any atom is 0.134 e. The topological polar surface area (TPSA) is 24.4 Å². The summed E-state index contributed by atoms with van der Waals surface area (Å²) >= 11 is 0. The molecule has 1 aliphatic rings. The van der Waals surface area contributed by atoms with Crippen molar-refractivity contribution in [2.24, 2.45) is 4.99 Å². The fraction of sp³-hybridized carbons (Fsp3) is 0.0227. The number of nitrogens with zero attached hydrogens (tertiary/aromatic N) is 1. The van der Waals surface area contributed by atoms with Gasteiger partial charge in [0.25, 0.3) is 0 Å². The van der Waals surface area contributed by atoms with E-state index in [2.05, 4.69) is 187 Å². The van der Waals surface area contributed by atoms with Crippen LogP contribution >= 0.6 is 0 Å². The monoisotopic (exact) mass is 588 g/mol. The van der Waals surface area contributed by atoms with E-state index < -0.39 is 0 Å². The molecule has 218 valence electrons. The van der Waals surface area contributed by atoms with Crippen LogP contribution in [0.5, 0.6) is 0 Å². The molecule has 0 aliphatic carbocycles. The van der Waals surface area contributed by atoms with Crippen LogP contribution in [0.3, 0.4) is 0 Å². The van der Waals surface area contributed by atoms with Gasteiger partial charge in [-0.1, -0.05) is 152 Å². The van der Waals surface area contributed by atoms with Gasteiger partial charge in [0.05, 0.1) is 11.7 Å². The van der Waals surface area contributed by atoms with Gasteiger partial charge in [0.2, 0.25) is 0 Å². The molecule has 7 aromatic rings. The second-order valence-corrected chi connectivity index (χ2v) is 11.7. The number of nitrogens with one attached hydrogen (secondary N) is 1. The van der Waals surface area contributed by atoms with Crippen LogP contribution in [0.25, 0.3) is 44.5 Å². The minimum Gasteiger partial charge on any atom is -0.359 e. The molecule has 0 aromatic heterocycles. The van der Waals surface area contributed by atoms with Crippen molar-refractivity contribution in [2.45, 2.75) is 6.04 Å². The van der Waals surface area contributed by atoms with Gasteiger partial charge in [-0.05, 0) is 80.4 Å². The molecule has 0 saturated heterocycles. The summed E-state index contributed by atoms with van der Waals surface area (Å²) in [7, 11) is 0. The fourth-order valence-corrected chi connectivity index (χ4v) is 6.34. The lowest BCUT2D eigenvalue weighted by atomic mass is 9.91. The molecule has 1 unspecified atom stereocenters. The van der Waals surface area contributed by atoms with Crippen molar-refractivity contribution < 1.29 is 0 Å². The Balaban J connectivity index is 1.25. The summed E-state index contributed by atoms with van der Waals surface area (Å²) in [5, 5.41) is 3.86. The number of fused-ring (bicyclic) bond motifs is 1. The summed E-state index contributed by atoms with van der Waals surface area (Å²) in [4.78, 5) is 5.26. The summed E-state index contributed by atoms with van der Waals surface area (Å²) < 4.78 is 0. The number of benzene rings is 7. The Hall–Kier alpha value is -5.99. The van der Waals surface area contributed by atoms with E-state index in [0.717, 1.165) is 28.2 Å². The molecule has 1 N–H and O–H groups in total. The largest absolute Gasteiger partial charge is 0.359 e. The zero-order valence-corrected chi connectivity index (χ0v) is 25.3. The predicted octanol–water partition coefficient (Wildman–Crippen LogP) is 11.1. The van der Waals surface area contributed by atoms with E-state index >= 15 is 0 Å². The lowest BCUT2D eigenvalue weighted by Gasteiger charge is -2.29. The molecule has 1 heterocycles. The molecule has 2 nitrogen and oxygen atoms in total. The van der Waals surface area contributed by atoms with Crippen LogP contribution in [0.1, 0.15) is 22.7 Å². The smallest absolute Gasteiger partial charge is 0.134 e. The second kappa shape index (κ2) is 12.2. The normalized spacial score (nSPS) is 13.7. The molecule has 2 heteroatoms. The summed E-state index contributed by atoms with van der Waals surface area (Å²) in [5.74, 6) is 0.869. The predicted molar refractivity (Wildman–Crippen MR) is 192 cm³/mol. The minimum atomic E-state index is -0.0404. The van der Waals surface area contributed by atoms with E-state index in [0.29, 0.717) is 0 Å². The average molecular weight is 589 g/mol.